The summed E-state index contributed by atoms with van der Waals surface area (Å²) in [6.45, 7) is 19.1. The molecule has 0 N–H and O–H groups in total. The van der Waals surface area contributed by atoms with Crippen LogP contribution in [0.4, 0.5) is 22.7 Å². The second-order valence-electron chi connectivity index (χ2n) is 23.7. The Labute approximate surface area is 345 Å². The molecule has 0 saturated heterocycles. The lowest BCUT2D eigenvalue weighted by Gasteiger charge is -2.66. The third-order valence-corrected chi connectivity index (χ3v) is 21.4. The van der Waals surface area contributed by atoms with E-state index >= 15 is 0 Å². The van der Waals surface area contributed by atoms with Crippen molar-refractivity contribution in [3.05, 3.63) is 65.2 Å². The molecule has 3 aromatic rings. The fourth-order valence-corrected chi connectivity index (χ4v) is 19.1. The van der Waals surface area contributed by atoms with E-state index in [1.54, 1.807) is 55.8 Å². The minimum Gasteiger partial charge on any atom is -0.335 e. The molecule has 3 heteroatoms. The maximum Gasteiger partial charge on any atom is 0.252 e. The Morgan fingerprint density at radius 3 is 1.47 bits per heavy atom. The first kappa shape index (κ1) is 35.1. The van der Waals surface area contributed by atoms with Crippen molar-refractivity contribution < 1.29 is 0 Å². The second kappa shape index (κ2) is 11.2. The van der Waals surface area contributed by atoms with Crippen LogP contribution in [0.25, 0.3) is 0 Å². The van der Waals surface area contributed by atoms with Crippen LogP contribution in [0.1, 0.15) is 168 Å². The molecular formula is C54H69BN2. The van der Waals surface area contributed by atoms with Crippen molar-refractivity contribution in [3.63, 3.8) is 0 Å². The van der Waals surface area contributed by atoms with Crippen LogP contribution < -0.4 is 26.2 Å². The highest BCUT2D eigenvalue weighted by Crippen LogP contribution is 2.74. The van der Waals surface area contributed by atoms with Crippen LogP contribution in [0, 0.1) is 47.3 Å². The molecule has 0 aromatic heterocycles. The summed E-state index contributed by atoms with van der Waals surface area (Å²) in [5, 5.41) is 0. The Morgan fingerprint density at radius 1 is 0.509 bits per heavy atom. The highest BCUT2D eigenvalue weighted by molar-refractivity contribution is 7.00. The second-order valence-corrected chi connectivity index (χ2v) is 23.7. The summed E-state index contributed by atoms with van der Waals surface area (Å²) in [6.07, 6.45) is 23.0. The molecule has 57 heavy (non-hydrogen) atoms. The number of rotatable bonds is 0. The molecule has 0 radical (unpaired) electrons. The summed E-state index contributed by atoms with van der Waals surface area (Å²) >= 11 is 0. The lowest BCUT2D eigenvalue weighted by molar-refractivity contribution is -0.0770. The lowest BCUT2D eigenvalue weighted by atomic mass is 9.33. The monoisotopic (exact) mass is 757 g/mol. The molecule has 6 aliphatic carbocycles. The number of benzene rings is 3. The molecule has 3 aromatic carbocycles. The van der Waals surface area contributed by atoms with Crippen molar-refractivity contribution in [2.75, 3.05) is 9.80 Å². The standard InChI is InChI=1S/C54H69BN2/c1-50(2,3)32-30-42-49-44(31-32)55-43-27-16-26-41-48(43)56(53(6)39-24-14-10-20-35(39)33-18-8-12-22-37(33)51(41,53)4)45-28-17-29-46(47(45)55)57(49)54(7)40-25-15-11-21-36(40)34-19-9-13-23-38(34)52(42,54)5/h16-17,26-31,33-40H,8-15,18-25H2,1-7H3. The van der Waals surface area contributed by atoms with Gasteiger partial charge in [-0.25, -0.2) is 0 Å². The maximum atomic E-state index is 3.13. The van der Waals surface area contributed by atoms with Crippen molar-refractivity contribution in [2.45, 2.75) is 179 Å². The van der Waals surface area contributed by atoms with Crippen LogP contribution in [0.5, 0.6) is 0 Å². The maximum absolute atomic E-state index is 3.13. The average molecular weight is 757 g/mol. The molecule has 4 aliphatic heterocycles. The van der Waals surface area contributed by atoms with Gasteiger partial charge in [0, 0.05) is 33.6 Å². The molecule has 6 fully saturated rings. The lowest BCUT2D eigenvalue weighted by Crippen LogP contribution is -2.72. The zero-order valence-corrected chi connectivity index (χ0v) is 36.5. The van der Waals surface area contributed by atoms with Crippen molar-refractivity contribution in [3.8, 4) is 0 Å². The van der Waals surface area contributed by atoms with E-state index in [1.165, 1.54) is 103 Å². The van der Waals surface area contributed by atoms with Gasteiger partial charge >= 0.3 is 0 Å². The van der Waals surface area contributed by atoms with Gasteiger partial charge < -0.3 is 9.80 Å². The summed E-state index contributed by atoms with van der Waals surface area (Å²) in [5.74, 6) is 6.55. The molecule has 0 spiro atoms. The van der Waals surface area contributed by atoms with Crippen LogP contribution in [0.2, 0.25) is 0 Å². The molecule has 0 amide bonds. The summed E-state index contributed by atoms with van der Waals surface area (Å²) in [7, 11) is 0. The predicted octanol–water partition coefficient (Wildman–Crippen LogP) is 11.7. The van der Waals surface area contributed by atoms with Gasteiger partial charge in [0.15, 0.2) is 0 Å². The normalized spacial score (nSPS) is 42.8. The van der Waals surface area contributed by atoms with Crippen molar-refractivity contribution in [2.24, 2.45) is 47.3 Å². The summed E-state index contributed by atoms with van der Waals surface area (Å²) in [5.41, 5.74) is 16.9. The van der Waals surface area contributed by atoms with E-state index in [0.717, 1.165) is 47.3 Å². The van der Waals surface area contributed by atoms with E-state index in [0.29, 0.717) is 0 Å². The van der Waals surface area contributed by atoms with Gasteiger partial charge in [-0.2, -0.15) is 0 Å². The molecule has 12 unspecified atom stereocenters. The van der Waals surface area contributed by atoms with Crippen molar-refractivity contribution in [1.29, 1.82) is 0 Å². The molecule has 0 bridgehead atoms. The summed E-state index contributed by atoms with van der Waals surface area (Å²) < 4.78 is 0. The van der Waals surface area contributed by atoms with Crippen LogP contribution in [0.3, 0.4) is 0 Å². The number of anilines is 4. The van der Waals surface area contributed by atoms with Crippen LogP contribution >= 0.6 is 0 Å². The fourth-order valence-electron chi connectivity index (χ4n) is 19.1. The van der Waals surface area contributed by atoms with Gasteiger partial charge in [-0.05, 0) is 163 Å². The molecule has 2 nitrogen and oxygen atoms in total. The average Bonchev–Trinajstić information content (AvgIpc) is 3.59. The van der Waals surface area contributed by atoms with Gasteiger partial charge in [-0.3, -0.25) is 0 Å². The number of para-hydroxylation sites is 1. The Hall–Kier alpha value is -2.68. The molecule has 10 aliphatic rings. The number of nitrogens with zero attached hydrogens (tertiary/aromatic N) is 2. The first-order valence-electron chi connectivity index (χ1n) is 24.5. The number of fused-ring (bicyclic) bond motifs is 20. The van der Waals surface area contributed by atoms with Crippen LogP contribution in [-0.4, -0.2) is 17.8 Å². The van der Waals surface area contributed by atoms with Crippen LogP contribution in [0.15, 0.2) is 48.5 Å². The fraction of sp³-hybridized carbons (Fsp3) is 0.667. The van der Waals surface area contributed by atoms with Crippen molar-refractivity contribution >= 4 is 45.9 Å². The number of hydrogen-bond donors (Lipinski definition) is 0. The van der Waals surface area contributed by atoms with E-state index in [2.05, 4.69) is 107 Å². The van der Waals surface area contributed by atoms with E-state index in [1.807, 2.05) is 0 Å². The minimum absolute atomic E-state index is 0.0600. The molecular weight excluding hydrogens is 687 g/mol. The zero-order chi connectivity index (χ0) is 38.6. The van der Waals surface area contributed by atoms with Crippen LogP contribution in [-0.2, 0) is 16.2 Å². The minimum atomic E-state index is 0.0600. The van der Waals surface area contributed by atoms with E-state index in [9.17, 15) is 0 Å². The van der Waals surface area contributed by atoms with E-state index in [4.69, 9.17) is 0 Å². The highest BCUT2D eigenvalue weighted by Gasteiger charge is 2.74. The molecule has 298 valence electrons. The zero-order valence-electron chi connectivity index (χ0n) is 36.5. The third-order valence-electron chi connectivity index (χ3n) is 21.4. The van der Waals surface area contributed by atoms with Gasteiger partial charge in [0.2, 0.25) is 0 Å². The molecule has 4 heterocycles. The Bertz CT molecular complexity index is 2220. The number of hydrogen-bond acceptors (Lipinski definition) is 2. The Kier molecular flexibility index (Phi) is 6.88. The van der Waals surface area contributed by atoms with E-state index < -0.39 is 0 Å². The van der Waals surface area contributed by atoms with Gasteiger partial charge in [-0.15, -0.1) is 0 Å². The quantitative estimate of drug-likeness (QED) is 0.211. The third kappa shape index (κ3) is 3.76. The Morgan fingerprint density at radius 2 is 0.947 bits per heavy atom. The topological polar surface area (TPSA) is 6.48 Å². The molecule has 6 saturated carbocycles. The SMILES string of the molecule is CC(C)(C)c1cc2c3c(c1)C1(C)C4CCCCC4C4CCCCC4C1(C)N3c1cccc3c1B2c1cccc2c1N3C1(C)C3CCCCC3C3CCCCC3C21C. The summed E-state index contributed by atoms with van der Waals surface area (Å²) in [6, 6.07) is 21.2. The predicted molar refractivity (Wildman–Crippen MR) is 240 cm³/mol. The van der Waals surface area contributed by atoms with Gasteiger partial charge in [0.25, 0.3) is 6.71 Å². The first-order chi connectivity index (χ1) is 27.5. The van der Waals surface area contributed by atoms with Crippen molar-refractivity contribution in [1.82, 2.24) is 0 Å². The molecule has 12 atom stereocenters. The smallest absolute Gasteiger partial charge is 0.252 e. The molecule has 13 rings (SSSR count). The first-order valence-corrected chi connectivity index (χ1v) is 24.5. The highest BCUT2D eigenvalue weighted by atomic mass is 15.3. The van der Waals surface area contributed by atoms with Gasteiger partial charge in [-0.1, -0.05) is 122 Å². The summed E-state index contributed by atoms with van der Waals surface area (Å²) in [4.78, 5) is 6.24. The van der Waals surface area contributed by atoms with Gasteiger partial charge in [0.1, 0.15) is 0 Å². The largest absolute Gasteiger partial charge is 0.335 e. The van der Waals surface area contributed by atoms with E-state index in [-0.39, 0.29) is 34.0 Å². The van der Waals surface area contributed by atoms with Gasteiger partial charge in [0.05, 0.1) is 11.1 Å². The Balaban J connectivity index is 1.13.